The van der Waals surface area contributed by atoms with Crippen LogP contribution in [0.3, 0.4) is 0 Å². The first kappa shape index (κ1) is 20.8. The Morgan fingerprint density at radius 1 is 0.733 bits per heavy atom. The first-order chi connectivity index (χ1) is 14.7. The molecule has 4 rings (SSSR count). The zero-order valence-corrected chi connectivity index (χ0v) is 18.3. The van der Waals surface area contributed by atoms with Gasteiger partial charge in [-0.25, -0.2) is 0 Å². The molecule has 0 N–H and O–H groups in total. The van der Waals surface area contributed by atoms with E-state index in [2.05, 4.69) is 115 Å². The maximum absolute atomic E-state index is 2.72. The van der Waals surface area contributed by atoms with E-state index in [0.717, 1.165) is 19.6 Å². The molecule has 1 saturated heterocycles. The molecular formula is C28H34N2. The van der Waals surface area contributed by atoms with Gasteiger partial charge in [-0.05, 0) is 29.0 Å². The van der Waals surface area contributed by atoms with Crippen molar-refractivity contribution in [2.24, 2.45) is 5.92 Å². The van der Waals surface area contributed by atoms with Crippen LogP contribution in [0.25, 0.3) is 0 Å². The van der Waals surface area contributed by atoms with Crippen molar-refractivity contribution in [3.05, 3.63) is 108 Å². The summed E-state index contributed by atoms with van der Waals surface area (Å²) in [7, 11) is 0. The molecule has 0 radical (unpaired) electrons. The minimum absolute atomic E-state index is 0.564. The predicted octanol–water partition coefficient (Wildman–Crippen LogP) is 5.99. The molecule has 1 fully saturated rings. The van der Waals surface area contributed by atoms with Crippen LogP contribution in [0.2, 0.25) is 0 Å². The minimum atomic E-state index is 0.564. The summed E-state index contributed by atoms with van der Waals surface area (Å²) in [6.45, 7) is 8.99. The highest BCUT2D eigenvalue weighted by atomic mass is 15.4. The first-order valence-electron chi connectivity index (χ1n) is 11.3. The normalized spacial score (nSPS) is 19.2. The molecular weight excluding hydrogens is 364 g/mol. The van der Waals surface area contributed by atoms with Gasteiger partial charge < -0.3 is 0 Å². The molecule has 3 atom stereocenters. The molecule has 0 amide bonds. The van der Waals surface area contributed by atoms with Crippen LogP contribution in [0.4, 0.5) is 0 Å². The van der Waals surface area contributed by atoms with E-state index in [-0.39, 0.29) is 0 Å². The van der Waals surface area contributed by atoms with Crippen LogP contribution in [0.15, 0.2) is 91.0 Å². The molecule has 0 saturated carbocycles. The third-order valence-corrected chi connectivity index (χ3v) is 6.07. The van der Waals surface area contributed by atoms with Crippen molar-refractivity contribution in [3.8, 4) is 0 Å². The van der Waals surface area contributed by atoms with Crippen molar-refractivity contribution in [3.63, 3.8) is 0 Å². The zero-order valence-electron chi connectivity index (χ0n) is 18.3. The molecule has 0 spiro atoms. The molecule has 0 aromatic heterocycles. The highest BCUT2D eigenvalue weighted by Crippen LogP contribution is 2.32. The summed E-state index contributed by atoms with van der Waals surface area (Å²) >= 11 is 0. The summed E-state index contributed by atoms with van der Waals surface area (Å²) in [6.07, 6.45) is 1.23. The quantitative estimate of drug-likeness (QED) is 0.387. The fourth-order valence-corrected chi connectivity index (χ4v) is 4.52. The van der Waals surface area contributed by atoms with Crippen molar-refractivity contribution in [1.29, 1.82) is 0 Å². The Morgan fingerprint density at radius 3 is 1.67 bits per heavy atom. The third-order valence-electron chi connectivity index (χ3n) is 6.07. The largest absolute Gasteiger partial charge is 0.292 e. The summed E-state index contributed by atoms with van der Waals surface area (Å²) in [4.78, 5) is 5.37. The molecule has 156 valence electrons. The van der Waals surface area contributed by atoms with Crippen LogP contribution < -0.4 is 0 Å². The molecule has 2 heteroatoms. The second-order valence-electron chi connectivity index (χ2n) is 9.06. The Morgan fingerprint density at radius 2 is 1.20 bits per heavy atom. The Kier molecular flexibility index (Phi) is 6.99. The van der Waals surface area contributed by atoms with Crippen LogP contribution in [-0.4, -0.2) is 28.4 Å². The molecule has 0 aliphatic carbocycles. The van der Waals surface area contributed by atoms with Gasteiger partial charge in [-0.1, -0.05) is 105 Å². The monoisotopic (exact) mass is 398 g/mol. The number of hydrogen-bond donors (Lipinski definition) is 0. The smallest absolute Gasteiger partial charge is 0.0383 e. The van der Waals surface area contributed by atoms with Crippen LogP contribution in [-0.2, 0) is 19.6 Å². The lowest BCUT2D eigenvalue weighted by molar-refractivity contribution is 0.140. The van der Waals surface area contributed by atoms with Gasteiger partial charge in [-0.2, -0.15) is 0 Å². The van der Waals surface area contributed by atoms with Gasteiger partial charge in [0, 0.05) is 38.3 Å². The predicted molar refractivity (Wildman–Crippen MR) is 126 cm³/mol. The molecule has 2 nitrogen and oxygen atoms in total. The lowest BCUT2D eigenvalue weighted by Gasteiger charge is -2.33. The standard InChI is InChI=1S/C28H34N2/c1-23(2)18-27(28-22-30(28)21-26-16-10-5-11-17-26)29(19-24-12-6-3-7-13-24)20-25-14-8-4-9-15-25/h3-17,23,27-28H,18-22H2,1-2H3/t27-,28-,30?/m0/s1. The van der Waals surface area contributed by atoms with Crippen molar-refractivity contribution in [2.45, 2.75) is 52.0 Å². The Labute approximate surface area is 182 Å². The van der Waals surface area contributed by atoms with E-state index >= 15 is 0 Å². The van der Waals surface area contributed by atoms with Gasteiger partial charge >= 0.3 is 0 Å². The summed E-state index contributed by atoms with van der Waals surface area (Å²) < 4.78 is 0. The number of nitrogens with zero attached hydrogens (tertiary/aromatic N) is 2. The Hall–Kier alpha value is -2.42. The van der Waals surface area contributed by atoms with Gasteiger partial charge in [0.25, 0.3) is 0 Å². The number of benzene rings is 3. The fraction of sp³-hybridized carbons (Fsp3) is 0.357. The van der Waals surface area contributed by atoms with E-state index in [9.17, 15) is 0 Å². The van der Waals surface area contributed by atoms with Crippen LogP contribution in [0, 0.1) is 5.92 Å². The highest BCUT2D eigenvalue weighted by molar-refractivity contribution is 5.19. The van der Waals surface area contributed by atoms with Crippen molar-refractivity contribution in [2.75, 3.05) is 6.54 Å². The van der Waals surface area contributed by atoms with Gasteiger partial charge in [-0.3, -0.25) is 9.80 Å². The first-order valence-corrected chi connectivity index (χ1v) is 11.3. The fourth-order valence-electron chi connectivity index (χ4n) is 4.52. The topological polar surface area (TPSA) is 6.25 Å². The SMILES string of the molecule is CC(C)C[C@@H]([C@@H]1CN1Cc1ccccc1)N(Cc1ccccc1)Cc1ccccc1. The Balaban J connectivity index is 1.53. The molecule has 1 unspecified atom stereocenters. The molecule has 30 heavy (non-hydrogen) atoms. The molecule has 1 heterocycles. The molecule has 3 aromatic carbocycles. The van der Waals surface area contributed by atoms with Gasteiger partial charge in [0.05, 0.1) is 0 Å². The van der Waals surface area contributed by atoms with E-state index in [1.54, 1.807) is 0 Å². The van der Waals surface area contributed by atoms with E-state index in [0.29, 0.717) is 18.0 Å². The van der Waals surface area contributed by atoms with E-state index in [1.807, 2.05) is 0 Å². The van der Waals surface area contributed by atoms with E-state index in [4.69, 9.17) is 0 Å². The zero-order chi connectivity index (χ0) is 20.8. The number of hydrogen-bond acceptors (Lipinski definition) is 2. The average molecular weight is 399 g/mol. The van der Waals surface area contributed by atoms with Crippen LogP contribution in [0.5, 0.6) is 0 Å². The molecule has 1 aliphatic heterocycles. The summed E-state index contributed by atoms with van der Waals surface area (Å²) in [5.41, 5.74) is 4.22. The number of rotatable bonds is 10. The van der Waals surface area contributed by atoms with Crippen molar-refractivity contribution >= 4 is 0 Å². The van der Waals surface area contributed by atoms with Gasteiger partial charge in [0.1, 0.15) is 0 Å². The van der Waals surface area contributed by atoms with Crippen LogP contribution in [0.1, 0.15) is 37.0 Å². The van der Waals surface area contributed by atoms with Gasteiger partial charge in [0.15, 0.2) is 0 Å². The van der Waals surface area contributed by atoms with Crippen LogP contribution >= 0.6 is 0 Å². The summed E-state index contributed by atoms with van der Waals surface area (Å²) in [5.74, 6) is 0.684. The summed E-state index contributed by atoms with van der Waals surface area (Å²) in [5, 5.41) is 0. The molecule has 0 bridgehead atoms. The highest BCUT2D eigenvalue weighted by Gasteiger charge is 2.43. The van der Waals surface area contributed by atoms with E-state index < -0.39 is 0 Å². The average Bonchev–Trinajstić information content (AvgIpc) is 3.52. The lowest BCUT2D eigenvalue weighted by atomic mass is 9.98. The second kappa shape index (κ2) is 10.1. The maximum Gasteiger partial charge on any atom is 0.0383 e. The van der Waals surface area contributed by atoms with Gasteiger partial charge in [-0.15, -0.1) is 0 Å². The molecule has 1 aliphatic rings. The Bertz CT molecular complexity index is 835. The van der Waals surface area contributed by atoms with Gasteiger partial charge in [0.2, 0.25) is 0 Å². The molecule has 3 aromatic rings. The minimum Gasteiger partial charge on any atom is -0.292 e. The third kappa shape index (κ3) is 5.81. The lowest BCUT2D eigenvalue weighted by Crippen LogP contribution is -2.40. The second-order valence-corrected chi connectivity index (χ2v) is 9.06. The van der Waals surface area contributed by atoms with Crippen molar-refractivity contribution in [1.82, 2.24) is 9.80 Å². The summed E-state index contributed by atoms with van der Waals surface area (Å²) in [6, 6.07) is 34.0. The van der Waals surface area contributed by atoms with Crippen molar-refractivity contribution < 1.29 is 0 Å². The van der Waals surface area contributed by atoms with E-state index in [1.165, 1.54) is 29.7 Å². The maximum atomic E-state index is 2.72.